The molecule has 2 heterocycles. The molecule has 1 aliphatic heterocycles. The topological polar surface area (TPSA) is 99.2 Å². The van der Waals surface area contributed by atoms with Gasteiger partial charge >= 0.3 is 0 Å². The highest BCUT2D eigenvalue weighted by atomic mass is 79.9. The fourth-order valence-corrected chi connectivity index (χ4v) is 5.54. The van der Waals surface area contributed by atoms with Crippen molar-refractivity contribution < 1.29 is 13.6 Å². The number of rotatable bonds is 4. The Balaban J connectivity index is 2.00. The first-order valence-electron chi connectivity index (χ1n) is 5.87. The largest absolute Gasteiger partial charge is 0.409 e. The third-order valence-corrected chi connectivity index (χ3v) is 6.98. The van der Waals surface area contributed by atoms with Crippen molar-refractivity contribution >= 4 is 43.1 Å². The monoisotopic (exact) mass is 382 g/mol. The predicted octanol–water partition coefficient (Wildman–Crippen LogP) is 0.563. The molecule has 1 aliphatic rings. The van der Waals surface area contributed by atoms with Crippen molar-refractivity contribution in [3.63, 3.8) is 0 Å². The SMILES string of the molecule is NC(CN1CCN(S(=O)(=O)c2ccc(Br)s2)CC1)=NO. The molecule has 10 heteroatoms. The molecule has 0 bridgehead atoms. The van der Waals surface area contributed by atoms with E-state index in [4.69, 9.17) is 10.9 Å². The maximum absolute atomic E-state index is 12.4. The molecule has 1 aromatic heterocycles. The van der Waals surface area contributed by atoms with E-state index in [-0.39, 0.29) is 5.84 Å². The normalized spacial score (nSPS) is 19.4. The molecule has 20 heavy (non-hydrogen) atoms. The highest BCUT2D eigenvalue weighted by molar-refractivity contribution is 9.11. The van der Waals surface area contributed by atoms with E-state index in [1.807, 2.05) is 4.90 Å². The molecule has 1 saturated heterocycles. The molecular formula is C10H15BrN4O3S2. The number of nitrogens with two attached hydrogens (primary N) is 1. The Kier molecular flexibility index (Phi) is 5.02. The minimum Gasteiger partial charge on any atom is -0.409 e. The molecule has 1 aromatic rings. The number of oxime groups is 1. The van der Waals surface area contributed by atoms with Crippen molar-refractivity contribution in [1.82, 2.24) is 9.21 Å². The number of amidine groups is 1. The summed E-state index contributed by atoms with van der Waals surface area (Å²) in [6, 6.07) is 3.33. The molecule has 0 aromatic carbocycles. The van der Waals surface area contributed by atoms with Crippen molar-refractivity contribution in [2.24, 2.45) is 10.9 Å². The predicted molar refractivity (Wildman–Crippen MR) is 80.6 cm³/mol. The standard InChI is InChI=1S/C10H15BrN4O3S2/c11-8-1-2-10(19-8)20(17,18)15-5-3-14(4-6-15)7-9(12)13-16/h1-2,16H,3-7H2,(H2,12,13). The average molecular weight is 383 g/mol. The Morgan fingerprint density at radius 1 is 1.40 bits per heavy atom. The summed E-state index contributed by atoms with van der Waals surface area (Å²) in [6.45, 7) is 2.26. The van der Waals surface area contributed by atoms with Gasteiger partial charge in [-0.05, 0) is 28.1 Å². The number of hydrogen-bond acceptors (Lipinski definition) is 6. The second-order valence-corrected chi connectivity index (χ2v) is 8.96. The van der Waals surface area contributed by atoms with E-state index in [9.17, 15) is 8.42 Å². The molecule has 0 atom stereocenters. The second kappa shape index (κ2) is 6.39. The molecule has 1 fully saturated rings. The van der Waals surface area contributed by atoms with Gasteiger partial charge in [0.25, 0.3) is 10.0 Å². The van der Waals surface area contributed by atoms with Crippen LogP contribution in [-0.4, -0.2) is 61.4 Å². The zero-order chi connectivity index (χ0) is 14.8. The number of nitrogens with zero attached hydrogens (tertiary/aromatic N) is 3. The minimum atomic E-state index is -3.41. The molecule has 112 valence electrons. The van der Waals surface area contributed by atoms with Crippen molar-refractivity contribution in [1.29, 1.82) is 0 Å². The lowest BCUT2D eigenvalue weighted by molar-refractivity contribution is 0.206. The van der Waals surface area contributed by atoms with Crippen LogP contribution in [0.2, 0.25) is 0 Å². The summed E-state index contributed by atoms with van der Waals surface area (Å²) in [5, 5.41) is 11.4. The molecule has 7 nitrogen and oxygen atoms in total. The van der Waals surface area contributed by atoms with Gasteiger partial charge in [-0.25, -0.2) is 8.42 Å². The van der Waals surface area contributed by atoms with Crippen LogP contribution in [0.3, 0.4) is 0 Å². The van der Waals surface area contributed by atoms with Crippen molar-refractivity contribution in [3.8, 4) is 0 Å². The van der Waals surface area contributed by atoms with Gasteiger partial charge in [0.2, 0.25) is 0 Å². The lowest BCUT2D eigenvalue weighted by Gasteiger charge is -2.33. The smallest absolute Gasteiger partial charge is 0.252 e. The summed E-state index contributed by atoms with van der Waals surface area (Å²) in [7, 11) is -3.41. The second-order valence-electron chi connectivity index (χ2n) is 4.33. The number of hydrogen-bond donors (Lipinski definition) is 2. The van der Waals surface area contributed by atoms with Gasteiger partial charge in [-0.1, -0.05) is 5.16 Å². The first kappa shape index (κ1) is 15.7. The molecule has 0 saturated carbocycles. The summed E-state index contributed by atoms with van der Waals surface area (Å²) < 4.78 is 27.4. The van der Waals surface area contributed by atoms with Crippen molar-refractivity contribution in [3.05, 3.63) is 15.9 Å². The fraction of sp³-hybridized carbons (Fsp3) is 0.500. The van der Waals surface area contributed by atoms with Gasteiger partial charge in [-0.15, -0.1) is 11.3 Å². The molecule has 2 rings (SSSR count). The molecule has 0 spiro atoms. The highest BCUT2D eigenvalue weighted by Crippen LogP contribution is 2.28. The first-order valence-corrected chi connectivity index (χ1v) is 8.92. The average Bonchev–Trinajstić information content (AvgIpc) is 2.86. The number of halogens is 1. The molecule has 3 N–H and O–H groups in total. The van der Waals surface area contributed by atoms with Gasteiger partial charge in [-0.3, -0.25) is 4.90 Å². The molecule has 0 amide bonds. The summed E-state index contributed by atoms with van der Waals surface area (Å²) >= 11 is 4.47. The Morgan fingerprint density at radius 2 is 2.05 bits per heavy atom. The quantitative estimate of drug-likeness (QED) is 0.343. The van der Waals surface area contributed by atoms with E-state index in [0.29, 0.717) is 36.9 Å². The molecule has 0 radical (unpaired) electrons. The zero-order valence-electron chi connectivity index (χ0n) is 10.6. The Labute approximate surface area is 129 Å². The van der Waals surface area contributed by atoms with E-state index in [2.05, 4.69) is 21.1 Å². The summed E-state index contributed by atoms with van der Waals surface area (Å²) in [5.74, 6) is 0.128. The number of thiophene rings is 1. The number of sulfonamides is 1. The van der Waals surface area contributed by atoms with Crippen LogP contribution in [0.4, 0.5) is 0 Å². The van der Waals surface area contributed by atoms with Gasteiger partial charge in [0.1, 0.15) is 4.21 Å². The maximum Gasteiger partial charge on any atom is 0.252 e. The van der Waals surface area contributed by atoms with Gasteiger partial charge in [0, 0.05) is 26.2 Å². The minimum absolute atomic E-state index is 0.128. The van der Waals surface area contributed by atoms with Crippen LogP contribution in [-0.2, 0) is 10.0 Å². The summed E-state index contributed by atoms with van der Waals surface area (Å²) in [6.07, 6.45) is 0. The van der Waals surface area contributed by atoms with Crippen LogP contribution in [0.1, 0.15) is 0 Å². The van der Waals surface area contributed by atoms with Crippen molar-refractivity contribution in [2.45, 2.75) is 4.21 Å². The third kappa shape index (κ3) is 3.50. The lowest BCUT2D eigenvalue weighted by atomic mass is 10.3. The molecule has 0 aliphatic carbocycles. The molecular weight excluding hydrogens is 368 g/mol. The van der Waals surface area contributed by atoms with Crippen LogP contribution >= 0.6 is 27.3 Å². The lowest BCUT2D eigenvalue weighted by Crippen LogP contribution is -2.50. The van der Waals surface area contributed by atoms with Gasteiger partial charge in [-0.2, -0.15) is 4.31 Å². The van der Waals surface area contributed by atoms with Crippen LogP contribution in [0.25, 0.3) is 0 Å². The van der Waals surface area contributed by atoms with Crippen molar-refractivity contribution in [2.75, 3.05) is 32.7 Å². The maximum atomic E-state index is 12.4. The van der Waals surface area contributed by atoms with Gasteiger partial charge < -0.3 is 10.9 Å². The van der Waals surface area contributed by atoms with Gasteiger partial charge in [0.05, 0.1) is 10.3 Å². The van der Waals surface area contributed by atoms with Gasteiger partial charge in [0.15, 0.2) is 5.84 Å². The Hall–Kier alpha value is -0.680. The third-order valence-electron chi connectivity index (χ3n) is 2.99. The fourth-order valence-electron chi connectivity index (χ4n) is 1.95. The highest BCUT2D eigenvalue weighted by Gasteiger charge is 2.29. The van der Waals surface area contributed by atoms with Crippen LogP contribution in [0, 0.1) is 0 Å². The summed E-state index contributed by atoms with van der Waals surface area (Å²) in [4.78, 5) is 1.95. The van der Waals surface area contributed by atoms with Crippen LogP contribution in [0.5, 0.6) is 0 Å². The Morgan fingerprint density at radius 3 is 2.55 bits per heavy atom. The van der Waals surface area contributed by atoms with E-state index < -0.39 is 10.0 Å². The zero-order valence-corrected chi connectivity index (χ0v) is 13.8. The molecule has 0 unspecified atom stereocenters. The summed E-state index contributed by atoms with van der Waals surface area (Å²) in [5.41, 5.74) is 5.44. The van der Waals surface area contributed by atoms with E-state index in [0.717, 1.165) is 3.79 Å². The van der Waals surface area contributed by atoms with E-state index >= 15 is 0 Å². The van der Waals surface area contributed by atoms with Crippen LogP contribution < -0.4 is 5.73 Å². The van der Waals surface area contributed by atoms with E-state index in [1.165, 1.54) is 15.6 Å². The number of piperazine rings is 1. The first-order chi connectivity index (χ1) is 9.43. The Bertz CT molecular complexity index is 593. The van der Waals surface area contributed by atoms with E-state index in [1.54, 1.807) is 12.1 Å². The van der Waals surface area contributed by atoms with Crippen LogP contribution in [0.15, 0.2) is 25.3 Å².